The maximum Gasteiger partial charge on any atom is 0.416 e. The average Bonchev–Trinajstić information content (AvgIpc) is 2.90. The molecule has 4 nitrogen and oxygen atoms in total. The van der Waals surface area contributed by atoms with Gasteiger partial charge in [0.15, 0.2) is 0 Å². The van der Waals surface area contributed by atoms with Crippen LogP contribution < -0.4 is 0 Å². The Labute approximate surface area is 241 Å². The molecule has 2 aromatic rings. The summed E-state index contributed by atoms with van der Waals surface area (Å²) in [6, 6.07) is 7.15. The molecule has 2 aliphatic heterocycles. The largest absolute Gasteiger partial charge is 0.416 e. The molecule has 0 N–H and O–H groups in total. The van der Waals surface area contributed by atoms with Gasteiger partial charge in [-0.15, -0.1) is 0 Å². The number of rotatable bonds is 8. The molecule has 0 aliphatic carbocycles. The number of benzene rings is 2. The van der Waals surface area contributed by atoms with E-state index in [1.54, 1.807) is 12.1 Å². The first-order chi connectivity index (χ1) is 19.6. The van der Waals surface area contributed by atoms with Crippen molar-refractivity contribution in [2.45, 2.75) is 57.4 Å². The number of carbonyl (C=O) groups excluding carboxylic acids is 1. The van der Waals surface area contributed by atoms with Gasteiger partial charge >= 0.3 is 12.4 Å². The summed E-state index contributed by atoms with van der Waals surface area (Å²) in [5.41, 5.74) is -0.110. The molecule has 2 fully saturated rings. The standard InChI is InChI=1S/C31H36F7N3O/c1-20(2)21-9-12-41(13-10-21)28-18-40(19-28)11-8-23(22-4-6-27(32)7-5-22)17-39(3)29(42)24-14-25(30(33,34)35)16-26(15-24)31(36,37)38/h4-7,14-16,23,28H,8-13,17-19H2,1-3H3. The van der Waals surface area contributed by atoms with Gasteiger partial charge in [-0.2, -0.15) is 26.3 Å². The van der Waals surface area contributed by atoms with E-state index < -0.39 is 40.8 Å². The number of nitrogens with zero attached hydrogens (tertiary/aromatic N) is 3. The highest BCUT2D eigenvalue weighted by molar-refractivity contribution is 5.94. The van der Waals surface area contributed by atoms with E-state index in [0.717, 1.165) is 49.5 Å². The van der Waals surface area contributed by atoms with Gasteiger partial charge < -0.3 is 9.80 Å². The van der Waals surface area contributed by atoms with Gasteiger partial charge in [-0.05, 0) is 75.5 Å². The molecule has 230 valence electrons. The first-order valence-corrected chi connectivity index (χ1v) is 14.0. The molecule has 0 aromatic heterocycles. The monoisotopic (exact) mass is 599 g/mol. The molecule has 1 unspecified atom stereocenters. The molecule has 11 heteroatoms. The lowest BCUT2D eigenvalue weighted by molar-refractivity contribution is -0.143. The van der Waals surface area contributed by atoms with Crippen molar-refractivity contribution in [3.8, 4) is 0 Å². The summed E-state index contributed by atoms with van der Waals surface area (Å²) in [7, 11) is 1.35. The number of amides is 1. The van der Waals surface area contributed by atoms with Crippen LogP contribution in [0.5, 0.6) is 0 Å². The average molecular weight is 600 g/mol. The second-order valence-corrected chi connectivity index (χ2v) is 11.6. The molecule has 0 bridgehead atoms. The molecule has 42 heavy (non-hydrogen) atoms. The van der Waals surface area contributed by atoms with E-state index in [-0.39, 0.29) is 18.5 Å². The summed E-state index contributed by atoms with van der Waals surface area (Å²) < 4.78 is 93.7. The second kappa shape index (κ2) is 12.8. The third-order valence-corrected chi connectivity index (χ3v) is 8.37. The number of allylic oxidation sites excluding steroid dienone is 1. The van der Waals surface area contributed by atoms with E-state index >= 15 is 0 Å². The van der Waals surface area contributed by atoms with Crippen LogP contribution in [0, 0.1) is 5.82 Å². The van der Waals surface area contributed by atoms with E-state index in [9.17, 15) is 35.5 Å². The molecule has 0 saturated carbocycles. The minimum Gasteiger partial charge on any atom is -0.341 e. The predicted molar refractivity (Wildman–Crippen MR) is 147 cm³/mol. The molecule has 2 heterocycles. The summed E-state index contributed by atoms with van der Waals surface area (Å²) in [5.74, 6) is -1.70. The maximum absolute atomic E-state index is 13.6. The van der Waals surface area contributed by atoms with Crippen molar-refractivity contribution in [3.05, 3.63) is 81.7 Å². The van der Waals surface area contributed by atoms with Gasteiger partial charge in [0, 0.05) is 57.3 Å². The van der Waals surface area contributed by atoms with Gasteiger partial charge in [-0.3, -0.25) is 9.69 Å². The van der Waals surface area contributed by atoms with Crippen LogP contribution in [0.2, 0.25) is 0 Å². The summed E-state index contributed by atoms with van der Waals surface area (Å²) in [5, 5.41) is 0. The topological polar surface area (TPSA) is 26.8 Å². The predicted octanol–water partition coefficient (Wildman–Crippen LogP) is 7.23. The van der Waals surface area contributed by atoms with Gasteiger partial charge in [0.05, 0.1) is 11.1 Å². The number of likely N-dealkylation sites (tertiary alicyclic amines) is 2. The summed E-state index contributed by atoms with van der Waals surface area (Å²) in [6.45, 7) is 8.91. The number of piperidine rings is 1. The highest BCUT2D eigenvalue weighted by Gasteiger charge is 2.38. The molecular formula is C31H36F7N3O. The van der Waals surface area contributed by atoms with E-state index in [1.807, 2.05) is 0 Å². The SMILES string of the molecule is CC(C)=C1CCN(C2CN(CCC(CN(C)C(=O)c3cc(C(F)(F)F)cc(C(F)(F)F)c3)c3ccc(F)cc3)C2)CC1. The number of likely N-dealkylation sites (N-methyl/N-ethyl adjacent to an activating group) is 1. The fourth-order valence-corrected chi connectivity index (χ4v) is 5.76. The second-order valence-electron chi connectivity index (χ2n) is 11.6. The highest BCUT2D eigenvalue weighted by Crippen LogP contribution is 2.37. The molecule has 1 atom stereocenters. The Hall–Kier alpha value is -2.92. The van der Waals surface area contributed by atoms with Crippen LogP contribution in [0.15, 0.2) is 53.6 Å². The number of carbonyl (C=O) groups is 1. The van der Waals surface area contributed by atoms with Gasteiger partial charge in [0.2, 0.25) is 0 Å². The van der Waals surface area contributed by atoms with Gasteiger partial charge in [-0.25, -0.2) is 4.39 Å². The lowest BCUT2D eigenvalue weighted by Crippen LogP contribution is -2.60. The number of halogens is 7. The maximum atomic E-state index is 13.6. The Morgan fingerprint density at radius 3 is 1.98 bits per heavy atom. The van der Waals surface area contributed by atoms with Crippen molar-refractivity contribution in [1.29, 1.82) is 0 Å². The number of hydrogen-bond donors (Lipinski definition) is 0. The quantitative estimate of drug-likeness (QED) is 0.237. The normalized spacial score (nSPS) is 18.1. The zero-order valence-corrected chi connectivity index (χ0v) is 24.0. The zero-order valence-electron chi connectivity index (χ0n) is 24.0. The Bertz CT molecular complexity index is 1230. The fraction of sp³-hybridized carbons (Fsp3) is 0.516. The lowest BCUT2D eigenvalue weighted by atomic mass is 9.93. The Morgan fingerprint density at radius 1 is 0.929 bits per heavy atom. The van der Waals surface area contributed by atoms with Crippen LogP contribution in [0.1, 0.15) is 66.1 Å². The zero-order chi connectivity index (χ0) is 30.8. The summed E-state index contributed by atoms with van der Waals surface area (Å²) >= 11 is 0. The molecule has 2 aromatic carbocycles. The summed E-state index contributed by atoms with van der Waals surface area (Å²) in [6.07, 6.45) is -7.36. The molecule has 0 radical (unpaired) electrons. The molecule has 1 amide bonds. The van der Waals surface area contributed by atoms with E-state index in [0.29, 0.717) is 31.1 Å². The van der Waals surface area contributed by atoms with Crippen LogP contribution in [0.4, 0.5) is 30.7 Å². The van der Waals surface area contributed by atoms with Crippen molar-refractivity contribution in [1.82, 2.24) is 14.7 Å². The Morgan fingerprint density at radius 2 is 1.48 bits per heavy atom. The smallest absolute Gasteiger partial charge is 0.341 e. The number of hydrogen-bond acceptors (Lipinski definition) is 3. The molecule has 2 aliphatic rings. The van der Waals surface area contributed by atoms with E-state index in [4.69, 9.17) is 0 Å². The van der Waals surface area contributed by atoms with Crippen molar-refractivity contribution < 1.29 is 35.5 Å². The van der Waals surface area contributed by atoms with Crippen LogP contribution in [-0.4, -0.2) is 73.0 Å². The van der Waals surface area contributed by atoms with Crippen LogP contribution >= 0.6 is 0 Å². The van der Waals surface area contributed by atoms with Crippen molar-refractivity contribution in [2.75, 3.05) is 46.3 Å². The van der Waals surface area contributed by atoms with Crippen LogP contribution in [0.3, 0.4) is 0 Å². The summed E-state index contributed by atoms with van der Waals surface area (Å²) in [4.78, 5) is 19.1. The van der Waals surface area contributed by atoms with E-state index in [2.05, 4.69) is 23.6 Å². The molecular weight excluding hydrogens is 563 g/mol. The third-order valence-electron chi connectivity index (χ3n) is 8.37. The molecule has 2 saturated heterocycles. The third kappa shape index (κ3) is 7.92. The van der Waals surface area contributed by atoms with Crippen molar-refractivity contribution >= 4 is 5.91 Å². The van der Waals surface area contributed by atoms with Crippen LogP contribution in [-0.2, 0) is 12.4 Å². The minimum absolute atomic E-state index is 0.00275. The Balaban J connectivity index is 1.43. The fourth-order valence-electron chi connectivity index (χ4n) is 5.76. The lowest BCUT2D eigenvalue weighted by Gasteiger charge is -2.47. The minimum atomic E-state index is -5.05. The van der Waals surface area contributed by atoms with Gasteiger partial charge in [-0.1, -0.05) is 23.3 Å². The first kappa shape index (κ1) is 32.0. The molecule has 4 rings (SSSR count). The molecule has 0 spiro atoms. The van der Waals surface area contributed by atoms with E-state index in [1.165, 1.54) is 30.3 Å². The number of alkyl halides is 6. The Kier molecular flexibility index (Phi) is 9.72. The van der Waals surface area contributed by atoms with Gasteiger partial charge in [0.25, 0.3) is 5.91 Å². The van der Waals surface area contributed by atoms with Crippen molar-refractivity contribution in [2.24, 2.45) is 0 Å². The highest BCUT2D eigenvalue weighted by atomic mass is 19.4. The first-order valence-electron chi connectivity index (χ1n) is 14.0. The van der Waals surface area contributed by atoms with Gasteiger partial charge in [0.1, 0.15) is 5.82 Å². The van der Waals surface area contributed by atoms with Crippen molar-refractivity contribution in [3.63, 3.8) is 0 Å². The van der Waals surface area contributed by atoms with Crippen LogP contribution in [0.25, 0.3) is 0 Å².